The molecule has 0 bridgehead atoms. The minimum Gasteiger partial charge on any atom is -0.457 e. The van der Waals surface area contributed by atoms with E-state index in [0.717, 1.165) is 37.3 Å². The molecule has 2 heterocycles. The van der Waals surface area contributed by atoms with Gasteiger partial charge in [0.05, 0.1) is 6.26 Å². The molecule has 1 aromatic rings. The molecule has 1 fully saturated rings. The highest BCUT2D eigenvalue weighted by Gasteiger charge is 2.12. The lowest BCUT2D eigenvalue weighted by Crippen LogP contribution is -2.34. The van der Waals surface area contributed by atoms with E-state index in [1.54, 1.807) is 6.26 Å². The van der Waals surface area contributed by atoms with E-state index in [0.29, 0.717) is 6.04 Å². The molecule has 0 unspecified atom stereocenters. The summed E-state index contributed by atoms with van der Waals surface area (Å²) in [4.78, 5) is 0. The molecule has 0 amide bonds. The highest BCUT2D eigenvalue weighted by Crippen LogP contribution is 2.14. The molecule has 4 heteroatoms. The first kappa shape index (κ1) is 10.2. The van der Waals surface area contributed by atoms with Crippen molar-refractivity contribution in [2.45, 2.75) is 25.4 Å². The van der Waals surface area contributed by atoms with Crippen molar-refractivity contribution in [1.29, 1.82) is 0 Å². The molecule has 0 atom stereocenters. The van der Waals surface area contributed by atoms with E-state index < -0.39 is 0 Å². The zero-order chi connectivity index (χ0) is 9.80. The average Bonchev–Trinajstić information content (AvgIpc) is 2.63. The van der Waals surface area contributed by atoms with Gasteiger partial charge in [0.25, 0.3) is 0 Å². The third kappa shape index (κ3) is 2.83. The SMILES string of the molecule is Brc1cc(CNC2CCOCC2)co1. The quantitative estimate of drug-likeness (QED) is 0.905. The molecule has 3 nitrogen and oxygen atoms in total. The van der Waals surface area contributed by atoms with Gasteiger partial charge < -0.3 is 14.5 Å². The van der Waals surface area contributed by atoms with Crippen LogP contribution in [0.3, 0.4) is 0 Å². The van der Waals surface area contributed by atoms with Crippen LogP contribution in [0, 0.1) is 0 Å². The smallest absolute Gasteiger partial charge is 0.169 e. The van der Waals surface area contributed by atoms with Crippen molar-refractivity contribution in [2.75, 3.05) is 13.2 Å². The first-order chi connectivity index (χ1) is 6.84. The van der Waals surface area contributed by atoms with Gasteiger partial charge in [0.15, 0.2) is 4.67 Å². The van der Waals surface area contributed by atoms with Crippen molar-refractivity contribution in [3.63, 3.8) is 0 Å². The number of nitrogens with one attached hydrogen (secondary N) is 1. The Kier molecular flexibility index (Phi) is 3.61. The number of halogens is 1. The van der Waals surface area contributed by atoms with Crippen molar-refractivity contribution in [2.24, 2.45) is 0 Å². The summed E-state index contributed by atoms with van der Waals surface area (Å²) < 4.78 is 11.2. The maximum atomic E-state index is 5.29. The molecular weight excluding hydrogens is 246 g/mol. The van der Waals surface area contributed by atoms with Gasteiger partial charge in [0.1, 0.15) is 0 Å². The van der Waals surface area contributed by atoms with Gasteiger partial charge in [-0.1, -0.05) is 0 Å². The Balaban J connectivity index is 1.76. The molecule has 0 spiro atoms. The van der Waals surface area contributed by atoms with Crippen LogP contribution in [0.5, 0.6) is 0 Å². The van der Waals surface area contributed by atoms with Crippen LogP contribution in [0.2, 0.25) is 0 Å². The maximum Gasteiger partial charge on any atom is 0.169 e. The summed E-state index contributed by atoms with van der Waals surface area (Å²) in [7, 11) is 0. The average molecular weight is 260 g/mol. The second-order valence-electron chi connectivity index (χ2n) is 3.53. The van der Waals surface area contributed by atoms with Crippen molar-refractivity contribution < 1.29 is 9.15 Å². The number of rotatable bonds is 3. The van der Waals surface area contributed by atoms with Crippen molar-refractivity contribution in [1.82, 2.24) is 5.32 Å². The van der Waals surface area contributed by atoms with Gasteiger partial charge in [-0.2, -0.15) is 0 Å². The number of ether oxygens (including phenoxy) is 1. The minimum atomic E-state index is 0.595. The van der Waals surface area contributed by atoms with Crippen LogP contribution in [-0.2, 0) is 11.3 Å². The van der Waals surface area contributed by atoms with Crippen molar-refractivity contribution in [3.8, 4) is 0 Å². The standard InChI is InChI=1S/C10H14BrNO2/c11-10-5-8(7-14-10)6-12-9-1-3-13-4-2-9/h5,7,9,12H,1-4,6H2. The molecule has 1 aromatic heterocycles. The lowest BCUT2D eigenvalue weighted by molar-refractivity contribution is 0.0776. The van der Waals surface area contributed by atoms with E-state index in [1.165, 1.54) is 5.56 Å². The Bertz CT molecular complexity index is 281. The van der Waals surface area contributed by atoms with Gasteiger partial charge in [0.2, 0.25) is 0 Å². The highest BCUT2D eigenvalue weighted by atomic mass is 79.9. The number of hydrogen-bond acceptors (Lipinski definition) is 3. The summed E-state index contributed by atoms with van der Waals surface area (Å²) in [5.41, 5.74) is 1.18. The highest BCUT2D eigenvalue weighted by molar-refractivity contribution is 9.10. The van der Waals surface area contributed by atoms with Crippen LogP contribution in [-0.4, -0.2) is 19.3 Å². The molecule has 14 heavy (non-hydrogen) atoms. The fourth-order valence-corrected chi connectivity index (χ4v) is 1.99. The van der Waals surface area contributed by atoms with Crippen LogP contribution in [0.4, 0.5) is 0 Å². The molecule has 1 aliphatic heterocycles. The third-order valence-electron chi connectivity index (χ3n) is 2.44. The van der Waals surface area contributed by atoms with E-state index >= 15 is 0 Å². The number of hydrogen-bond donors (Lipinski definition) is 1. The summed E-state index contributed by atoms with van der Waals surface area (Å²) in [5.74, 6) is 0. The minimum absolute atomic E-state index is 0.595. The van der Waals surface area contributed by atoms with Gasteiger partial charge >= 0.3 is 0 Å². The Labute approximate surface area is 91.9 Å². The maximum absolute atomic E-state index is 5.29. The van der Waals surface area contributed by atoms with Crippen molar-refractivity contribution >= 4 is 15.9 Å². The fourth-order valence-electron chi connectivity index (χ4n) is 1.60. The number of furan rings is 1. The lowest BCUT2D eigenvalue weighted by atomic mass is 10.1. The topological polar surface area (TPSA) is 34.4 Å². The molecule has 2 rings (SSSR count). The Morgan fingerprint density at radius 1 is 1.43 bits per heavy atom. The molecule has 78 valence electrons. The molecule has 1 N–H and O–H groups in total. The lowest BCUT2D eigenvalue weighted by Gasteiger charge is -2.22. The second-order valence-corrected chi connectivity index (χ2v) is 4.31. The van der Waals surface area contributed by atoms with Crippen LogP contribution < -0.4 is 5.32 Å². The molecule has 1 aliphatic rings. The summed E-state index contributed by atoms with van der Waals surface area (Å²) in [5, 5.41) is 3.49. The van der Waals surface area contributed by atoms with Crippen LogP contribution in [0.25, 0.3) is 0 Å². The normalized spacial score (nSPS) is 18.6. The largest absolute Gasteiger partial charge is 0.457 e. The molecule has 0 radical (unpaired) electrons. The first-order valence-electron chi connectivity index (χ1n) is 4.88. The predicted octanol–water partition coefficient (Wildman–Crippen LogP) is 2.31. The third-order valence-corrected chi connectivity index (χ3v) is 2.85. The molecular formula is C10H14BrNO2. The zero-order valence-corrected chi connectivity index (χ0v) is 9.55. The van der Waals surface area contributed by atoms with Gasteiger partial charge in [0, 0.05) is 31.4 Å². The van der Waals surface area contributed by atoms with E-state index in [1.807, 2.05) is 6.07 Å². The molecule has 0 aromatic carbocycles. The van der Waals surface area contributed by atoms with E-state index in [9.17, 15) is 0 Å². The first-order valence-corrected chi connectivity index (χ1v) is 5.68. The Morgan fingerprint density at radius 2 is 2.21 bits per heavy atom. The summed E-state index contributed by atoms with van der Waals surface area (Å²) in [6.07, 6.45) is 3.99. The summed E-state index contributed by atoms with van der Waals surface area (Å²) in [6.45, 7) is 2.64. The summed E-state index contributed by atoms with van der Waals surface area (Å²) >= 11 is 3.28. The van der Waals surface area contributed by atoms with Gasteiger partial charge in [-0.3, -0.25) is 0 Å². The van der Waals surface area contributed by atoms with Crippen LogP contribution >= 0.6 is 15.9 Å². The zero-order valence-electron chi connectivity index (χ0n) is 7.96. The van der Waals surface area contributed by atoms with Crippen LogP contribution in [0.15, 0.2) is 21.4 Å². The van der Waals surface area contributed by atoms with E-state index in [2.05, 4.69) is 21.2 Å². The molecule has 1 saturated heterocycles. The summed E-state index contributed by atoms with van der Waals surface area (Å²) in [6, 6.07) is 2.59. The van der Waals surface area contributed by atoms with Gasteiger partial charge in [-0.05, 0) is 34.8 Å². The second kappa shape index (κ2) is 4.96. The van der Waals surface area contributed by atoms with E-state index in [4.69, 9.17) is 9.15 Å². The van der Waals surface area contributed by atoms with Crippen LogP contribution in [0.1, 0.15) is 18.4 Å². The monoisotopic (exact) mass is 259 g/mol. The molecule has 0 aliphatic carbocycles. The van der Waals surface area contributed by atoms with Gasteiger partial charge in [-0.25, -0.2) is 0 Å². The fraction of sp³-hybridized carbons (Fsp3) is 0.600. The van der Waals surface area contributed by atoms with E-state index in [-0.39, 0.29) is 0 Å². The Morgan fingerprint density at radius 3 is 2.86 bits per heavy atom. The Hall–Kier alpha value is -0.320. The van der Waals surface area contributed by atoms with Gasteiger partial charge in [-0.15, -0.1) is 0 Å². The van der Waals surface area contributed by atoms with Crippen molar-refractivity contribution in [3.05, 3.63) is 22.6 Å². The molecule has 0 saturated carbocycles. The predicted molar refractivity (Wildman–Crippen MR) is 57.1 cm³/mol.